The molecule has 0 fully saturated rings. The molecule has 39 heavy (non-hydrogen) atoms. The SMILES string of the molecule is COC(=O)[C@@H](CO[Si](C)(C)C(C)(C)C)OCc1ccc(C=CCn2cccc2C(=O)c2ccc(C)cc2)cc1. The molecule has 0 saturated heterocycles. The van der Waals surface area contributed by atoms with Gasteiger partial charge >= 0.3 is 5.97 Å². The summed E-state index contributed by atoms with van der Waals surface area (Å²) < 4.78 is 19.0. The molecule has 0 N–H and O–H groups in total. The van der Waals surface area contributed by atoms with Crippen LogP contribution in [0.2, 0.25) is 18.1 Å². The Kier molecular flexibility index (Phi) is 10.2. The number of rotatable bonds is 12. The molecule has 0 aliphatic rings. The van der Waals surface area contributed by atoms with Crippen LogP contribution < -0.4 is 0 Å². The van der Waals surface area contributed by atoms with E-state index in [1.165, 1.54) is 7.11 Å². The van der Waals surface area contributed by atoms with E-state index in [2.05, 4.69) is 33.9 Å². The van der Waals surface area contributed by atoms with E-state index in [4.69, 9.17) is 13.9 Å². The number of aromatic nitrogens is 1. The first kappa shape index (κ1) is 30.3. The highest BCUT2D eigenvalue weighted by molar-refractivity contribution is 6.74. The molecule has 1 aromatic heterocycles. The normalized spacial score (nSPS) is 13.0. The molecule has 2 aromatic carbocycles. The topological polar surface area (TPSA) is 66.8 Å². The predicted octanol–water partition coefficient (Wildman–Crippen LogP) is 6.82. The Hall–Kier alpha value is -3.26. The smallest absolute Gasteiger partial charge is 0.337 e. The van der Waals surface area contributed by atoms with Crippen LogP contribution in [0.1, 0.15) is 53.5 Å². The van der Waals surface area contributed by atoms with Crippen molar-refractivity contribution in [2.75, 3.05) is 13.7 Å². The average Bonchev–Trinajstić information content (AvgIpc) is 3.37. The summed E-state index contributed by atoms with van der Waals surface area (Å²) in [6, 6.07) is 19.3. The van der Waals surface area contributed by atoms with Crippen LogP contribution in [0.5, 0.6) is 0 Å². The zero-order valence-electron chi connectivity index (χ0n) is 24.2. The van der Waals surface area contributed by atoms with Gasteiger partial charge in [0.15, 0.2) is 14.4 Å². The Morgan fingerprint density at radius 1 is 1.00 bits per heavy atom. The van der Waals surface area contributed by atoms with Crippen LogP contribution in [0.15, 0.2) is 72.9 Å². The summed E-state index contributed by atoms with van der Waals surface area (Å²) in [4.78, 5) is 25.2. The molecule has 1 heterocycles. The summed E-state index contributed by atoms with van der Waals surface area (Å²) >= 11 is 0. The number of benzene rings is 2. The van der Waals surface area contributed by atoms with Crippen molar-refractivity contribution in [1.82, 2.24) is 4.57 Å². The minimum absolute atomic E-state index is 0.0118. The minimum Gasteiger partial charge on any atom is -0.467 e. The minimum atomic E-state index is -2.02. The molecular weight excluding hydrogens is 506 g/mol. The lowest BCUT2D eigenvalue weighted by atomic mass is 10.1. The quantitative estimate of drug-likeness (QED) is 0.141. The molecule has 0 spiro atoms. The van der Waals surface area contributed by atoms with E-state index >= 15 is 0 Å². The van der Waals surface area contributed by atoms with Crippen molar-refractivity contribution in [3.05, 3.63) is 101 Å². The molecule has 0 aliphatic carbocycles. The van der Waals surface area contributed by atoms with E-state index in [0.29, 0.717) is 17.8 Å². The van der Waals surface area contributed by atoms with E-state index in [1.54, 1.807) is 0 Å². The van der Waals surface area contributed by atoms with Crippen molar-refractivity contribution in [3.63, 3.8) is 0 Å². The molecular formula is C32H41NO5Si. The van der Waals surface area contributed by atoms with Gasteiger partial charge in [-0.3, -0.25) is 4.79 Å². The van der Waals surface area contributed by atoms with Crippen molar-refractivity contribution in [1.29, 1.82) is 0 Å². The number of esters is 1. The van der Waals surface area contributed by atoms with E-state index in [0.717, 1.165) is 16.7 Å². The van der Waals surface area contributed by atoms with Crippen LogP contribution in [-0.4, -0.2) is 44.5 Å². The summed E-state index contributed by atoms with van der Waals surface area (Å²) in [5.41, 5.74) is 4.45. The van der Waals surface area contributed by atoms with Crippen molar-refractivity contribution < 1.29 is 23.5 Å². The molecule has 6 nitrogen and oxygen atoms in total. The number of methoxy groups -OCH3 is 1. The third kappa shape index (κ3) is 8.36. The number of allylic oxidation sites excluding steroid dienone is 1. The van der Waals surface area contributed by atoms with Gasteiger partial charge in [0.1, 0.15) is 0 Å². The maximum atomic E-state index is 12.9. The highest BCUT2D eigenvalue weighted by atomic mass is 28.4. The lowest BCUT2D eigenvalue weighted by molar-refractivity contribution is -0.157. The second kappa shape index (κ2) is 13.2. The summed E-state index contributed by atoms with van der Waals surface area (Å²) in [6.45, 7) is 13.8. The van der Waals surface area contributed by atoms with Gasteiger partial charge in [-0.1, -0.05) is 87.0 Å². The highest BCUT2D eigenvalue weighted by Crippen LogP contribution is 2.36. The van der Waals surface area contributed by atoms with Crippen molar-refractivity contribution >= 4 is 26.1 Å². The first-order valence-corrected chi connectivity index (χ1v) is 16.2. The monoisotopic (exact) mass is 547 g/mol. The maximum Gasteiger partial charge on any atom is 0.337 e. The number of nitrogens with zero attached hydrogens (tertiary/aromatic N) is 1. The highest BCUT2D eigenvalue weighted by Gasteiger charge is 2.38. The molecule has 0 amide bonds. The van der Waals surface area contributed by atoms with Gasteiger partial charge < -0.3 is 18.5 Å². The summed E-state index contributed by atoms with van der Waals surface area (Å²) in [5.74, 6) is -0.420. The molecule has 0 bridgehead atoms. The third-order valence-corrected chi connectivity index (χ3v) is 11.8. The molecule has 1 atom stereocenters. The maximum absolute atomic E-state index is 12.9. The largest absolute Gasteiger partial charge is 0.467 e. The first-order chi connectivity index (χ1) is 18.4. The first-order valence-electron chi connectivity index (χ1n) is 13.3. The van der Waals surface area contributed by atoms with Gasteiger partial charge in [-0.05, 0) is 48.3 Å². The molecule has 0 saturated carbocycles. The van der Waals surface area contributed by atoms with Gasteiger partial charge in [0.2, 0.25) is 5.78 Å². The van der Waals surface area contributed by atoms with Gasteiger partial charge in [-0.15, -0.1) is 0 Å². The van der Waals surface area contributed by atoms with Crippen LogP contribution in [-0.2, 0) is 31.8 Å². The van der Waals surface area contributed by atoms with E-state index in [-0.39, 0.29) is 24.0 Å². The van der Waals surface area contributed by atoms with E-state index in [1.807, 2.05) is 90.5 Å². The second-order valence-corrected chi connectivity index (χ2v) is 16.1. The fourth-order valence-corrected chi connectivity index (χ4v) is 4.67. The van der Waals surface area contributed by atoms with Crippen LogP contribution in [0.4, 0.5) is 0 Å². The lowest BCUT2D eigenvalue weighted by Crippen LogP contribution is -2.44. The molecule has 3 rings (SSSR count). The zero-order valence-corrected chi connectivity index (χ0v) is 25.2. The summed E-state index contributed by atoms with van der Waals surface area (Å²) in [5, 5.41) is 0.0383. The molecule has 208 valence electrons. The van der Waals surface area contributed by atoms with Crippen LogP contribution in [0.25, 0.3) is 6.08 Å². The number of ketones is 1. The lowest BCUT2D eigenvalue weighted by Gasteiger charge is -2.36. The number of ether oxygens (including phenoxy) is 2. The molecule has 0 radical (unpaired) electrons. The zero-order chi connectivity index (χ0) is 28.6. The Morgan fingerprint density at radius 3 is 2.28 bits per heavy atom. The van der Waals surface area contributed by atoms with Gasteiger partial charge in [0.05, 0.1) is 26.0 Å². The summed E-state index contributed by atoms with van der Waals surface area (Å²) in [6.07, 6.45) is 5.19. The van der Waals surface area contributed by atoms with Crippen LogP contribution >= 0.6 is 0 Å². The standard InChI is InChI=1S/C32H41NO5Si/c1-24-12-18-27(19-13-24)30(34)28-11-9-21-33(28)20-8-10-25-14-16-26(17-15-25)22-37-29(31(35)36-5)23-38-39(6,7)32(2,3)4/h8-19,21,29H,20,22-23H2,1-7H3/t29-/m1/s1. The number of hydrogen-bond donors (Lipinski definition) is 0. The molecule has 7 heteroatoms. The number of aryl methyl sites for hydroxylation is 1. The van der Waals surface area contributed by atoms with Crippen LogP contribution in [0.3, 0.4) is 0 Å². The molecule has 0 aliphatic heterocycles. The predicted molar refractivity (Wildman–Crippen MR) is 158 cm³/mol. The molecule has 3 aromatic rings. The Morgan fingerprint density at radius 2 is 1.67 bits per heavy atom. The Balaban J connectivity index is 1.56. The van der Waals surface area contributed by atoms with Crippen molar-refractivity contribution in [2.45, 2.75) is 65.1 Å². The van der Waals surface area contributed by atoms with Crippen molar-refractivity contribution in [2.24, 2.45) is 0 Å². The van der Waals surface area contributed by atoms with Gasteiger partial charge in [-0.25, -0.2) is 4.79 Å². The number of hydrogen-bond acceptors (Lipinski definition) is 5. The van der Waals surface area contributed by atoms with Crippen LogP contribution in [0, 0.1) is 6.92 Å². The van der Waals surface area contributed by atoms with E-state index in [9.17, 15) is 9.59 Å². The number of carbonyl (C=O) groups excluding carboxylic acids is 2. The fraction of sp³-hybridized carbons (Fsp3) is 0.375. The van der Waals surface area contributed by atoms with Gasteiger partial charge in [0, 0.05) is 18.3 Å². The Bertz CT molecular complexity index is 1270. The van der Waals surface area contributed by atoms with E-state index < -0.39 is 20.4 Å². The second-order valence-electron chi connectivity index (χ2n) is 11.3. The van der Waals surface area contributed by atoms with Gasteiger partial charge in [-0.2, -0.15) is 0 Å². The molecule has 0 unspecified atom stereocenters. The van der Waals surface area contributed by atoms with Crippen molar-refractivity contribution in [3.8, 4) is 0 Å². The third-order valence-electron chi connectivity index (χ3n) is 7.29. The Labute approximate surface area is 233 Å². The number of carbonyl (C=O) groups is 2. The average molecular weight is 548 g/mol. The van der Waals surface area contributed by atoms with Gasteiger partial charge in [0.25, 0.3) is 0 Å². The summed E-state index contributed by atoms with van der Waals surface area (Å²) in [7, 11) is -0.658. The fourth-order valence-electron chi connectivity index (χ4n) is 3.67.